The summed E-state index contributed by atoms with van der Waals surface area (Å²) >= 11 is 0. The van der Waals surface area contributed by atoms with Gasteiger partial charge in [0.1, 0.15) is 0 Å². The van der Waals surface area contributed by atoms with E-state index in [1.807, 2.05) is 35.4 Å². The maximum Gasteiger partial charge on any atom is 0.228 e. The molecule has 0 bridgehead atoms. The molecule has 0 atom stereocenters. The fourth-order valence-corrected chi connectivity index (χ4v) is 2.86. The van der Waals surface area contributed by atoms with Crippen LogP contribution in [0.4, 0.5) is 5.69 Å². The van der Waals surface area contributed by atoms with E-state index in [2.05, 4.69) is 22.4 Å². The zero-order chi connectivity index (χ0) is 15.2. The molecule has 1 aliphatic heterocycles. The molecule has 0 aliphatic carbocycles. The van der Waals surface area contributed by atoms with Crippen LogP contribution < -0.4 is 10.2 Å². The number of aromatic nitrogens is 1. The van der Waals surface area contributed by atoms with Gasteiger partial charge in [0.05, 0.1) is 0 Å². The minimum Gasteiger partial charge on any atom is -0.312 e. The number of nitrogens with one attached hydrogen (secondary N) is 1. The molecule has 0 radical (unpaired) electrons. The van der Waals surface area contributed by atoms with E-state index in [0.717, 1.165) is 37.2 Å². The first kappa shape index (κ1) is 14.7. The predicted octanol–water partition coefficient (Wildman–Crippen LogP) is 2.54. The van der Waals surface area contributed by atoms with Gasteiger partial charge in [-0.05, 0) is 36.1 Å². The first-order valence-electron chi connectivity index (χ1n) is 7.82. The summed E-state index contributed by atoms with van der Waals surface area (Å²) in [5.41, 5.74) is 3.51. The highest BCUT2D eigenvalue weighted by Crippen LogP contribution is 2.26. The van der Waals surface area contributed by atoms with Gasteiger partial charge >= 0.3 is 0 Å². The van der Waals surface area contributed by atoms with Crippen molar-refractivity contribution in [1.82, 2.24) is 10.3 Å². The fraction of sp³-hybridized carbons (Fsp3) is 0.333. The van der Waals surface area contributed by atoms with Crippen LogP contribution in [0.2, 0.25) is 0 Å². The van der Waals surface area contributed by atoms with Gasteiger partial charge in [-0.2, -0.15) is 0 Å². The van der Waals surface area contributed by atoms with Crippen LogP contribution in [0.15, 0.2) is 48.8 Å². The zero-order valence-corrected chi connectivity index (χ0v) is 12.7. The number of anilines is 1. The lowest BCUT2D eigenvalue weighted by Gasteiger charge is -2.29. The predicted molar refractivity (Wildman–Crippen MR) is 87.7 cm³/mol. The quantitative estimate of drug-likeness (QED) is 0.862. The molecule has 1 aromatic carbocycles. The van der Waals surface area contributed by atoms with E-state index in [-0.39, 0.29) is 5.91 Å². The number of fused-ring (bicyclic) bond motifs is 1. The molecule has 1 N–H and O–H groups in total. The van der Waals surface area contributed by atoms with Gasteiger partial charge in [0.25, 0.3) is 0 Å². The molecule has 0 spiro atoms. The number of hydrogen-bond donors (Lipinski definition) is 1. The number of pyridine rings is 1. The molecule has 4 nitrogen and oxygen atoms in total. The Bertz CT molecular complexity index is 627. The van der Waals surface area contributed by atoms with E-state index < -0.39 is 0 Å². The highest BCUT2D eigenvalue weighted by molar-refractivity contribution is 5.94. The zero-order valence-electron chi connectivity index (χ0n) is 12.7. The number of carbonyl (C=O) groups excluding carboxylic acids is 1. The molecule has 2 aromatic rings. The second-order valence-electron chi connectivity index (χ2n) is 5.57. The van der Waals surface area contributed by atoms with Crippen LogP contribution in [0.25, 0.3) is 0 Å². The number of amides is 1. The number of carbonyl (C=O) groups is 1. The molecule has 0 saturated carbocycles. The van der Waals surface area contributed by atoms with E-state index in [4.69, 9.17) is 0 Å². The van der Waals surface area contributed by atoms with Gasteiger partial charge in [-0.15, -0.1) is 0 Å². The molecule has 0 unspecified atom stereocenters. The molecule has 3 rings (SSSR count). The van der Waals surface area contributed by atoms with Gasteiger partial charge in [0, 0.05) is 44.1 Å². The highest BCUT2D eigenvalue weighted by Gasteiger charge is 2.21. The number of para-hydroxylation sites is 1. The highest BCUT2D eigenvalue weighted by atomic mass is 16.2. The average Bonchev–Trinajstić information content (AvgIpc) is 2.59. The van der Waals surface area contributed by atoms with E-state index >= 15 is 0 Å². The van der Waals surface area contributed by atoms with Crippen LogP contribution in [0.1, 0.15) is 24.0 Å². The van der Waals surface area contributed by atoms with E-state index in [1.54, 1.807) is 6.20 Å². The first-order valence-corrected chi connectivity index (χ1v) is 7.82. The Morgan fingerprint density at radius 2 is 2.14 bits per heavy atom. The molecule has 2 heterocycles. The van der Waals surface area contributed by atoms with Gasteiger partial charge < -0.3 is 10.2 Å². The lowest BCUT2D eigenvalue weighted by Crippen LogP contribution is -2.36. The van der Waals surface area contributed by atoms with Crippen molar-refractivity contribution in [2.45, 2.75) is 25.8 Å². The third-order valence-corrected chi connectivity index (χ3v) is 3.98. The Hall–Kier alpha value is -2.20. The van der Waals surface area contributed by atoms with Crippen molar-refractivity contribution in [2.24, 2.45) is 0 Å². The molecular weight excluding hydrogens is 274 g/mol. The fourth-order valence-electron chi connectivity index (χ4n) is 2.86. The Kier molecular flexibility index (Phi) is 4.81. The lowest BCUT2D eigenvalue weighted by molar-refractivity contribution is -0.118. The van der Waals surface area contributed by atoms with Gasteiger partial charge in [-0.25, -0.2) is 0 Å². The lowest BCUT2D eigenvalue weighted by atomic mass is 10.0. The number of benzene rings is 1. The summed E-state index contributed by atoms with van der Waals surface area (Å²) in [5, 5.41) is 3.31. The third-order valence-electron chi connectivity index (χ3n) is 3.98. The Labute approximate surface area is 131 Å². The molecule has 1 aromatic heterocycles. The second-order valence-corrected chi connectivity index (χ2v) is 5.57. The van der Waals surface area contributed by atoms with E-state index in [1.165, 1.54) is 5.56 Å². The van der Waals surface area contributed by atoms with Crippen molar-refractivity contribution in [2.75, 3.05) is 18.0 Å². The van der Waals surface area contributed by atoms with Crippen LogP contribution >= 0.6 is 0 Å². The molecule has 22 heavy (non-hydrogen) atoms. The van der Waals surface area contributed by atoms with Crippen molar-refractivity contribution in [3.63, 3.8) is 0 Å². The standard InChI is InChI=1S/C18H21N3O/c22-18(9-11-20-14-15-5-3-10-19-13-15)21-12-4-7-16-6-1-2-8-17(16)21/h1-3,5-6,8,10,13,20H,4,7,9,11-12,14H2. The second kappa shape index (κ2) is 7.18. The summed E-state index contributed by atoms with van der Waals surface area (Å²) in [6.07, 6.45) is 6.25. The maximum atomic E-state index is 12.4. The molecule has 1 amide bonds. The number of aryl methyl sites for hydroxylation is 1. The number of rotatable bonds is 5. The monoisotopic (exact) mass is 295 g/mol. The topological polar surface area (TPSA) is 45.2 Å². The van der Waals surface area contributed by atoms with Crippen molar-refractivity contribution >= 4 is 11.6 Å². The van der Waals surface area contributed by atoms with Gasteiger partial charge in [0.2, 0.25) is 5.91 Å². The largest absolute Gasteiger partial charge is 0.312 e. The van der Waals surface area contributed by atoms with Crippen LogP contribution in [-0.2, 0) is 17.8 Å². The van der Waals surface area contributed by atoms with Crippen LogP contribution in [-0.4, -0.2) is 24.0 Å². The smallest absolute Gasteiger partial charge is 0.228 e. The van der Waals surface area contributed by atoms with Crippen molar-refractivity contribution in [3.8, 4) is 0 Å². The summed E-state index contributed by atoms with van der Waals surface area (Å²) in [6.45, 7) is 2.27. The molecule has 0 saturated heterocycles. The summed E-state index contributed by atoms with van der Waals surface area (Å²) in [5.74, 6) is 0.200. The molecule has 0 fully saturated rings. The summed E-state index contributed by atoms with van der Waals surface area (Å²) < 4.78 is 0. The molecule has 4 heteroatoms. The number of hydrogen-bond acceptors (Lipinski definition) is 3. The van der Waals surface area contributed by atoms with Crippen molar-refractivity contribution in [1.29, 1.82) is 0 Å². The Morgan fingerprint density at radius 3 is 3.00 bits per heavy atom. The summed E-state index contributed by atoms with van der Waals surface area (Å²) in [4.78, 5) is 18.5. The van der Waals surface area contributed by atoms with Gasteiger partial charge in [-0.1, -0.05) is 24.3 Å². The van der Waals surface area contributed by atoms with Crippen LogP contribution in [0, 0.1) is 0 Å². The summed E-state index contributed by atoms with van der Waals surface area (Å²) in [7, 11) is 0. The maximum absolute atomic E-state index is 12.4. The van der Waals surface area contributed by atoms with Crippen LogP contribution in [0.3, 0.4) is 0 Å². The minimum absolute atomic E-state index is 0.200. The normalized spacial score (nSPS) is 13.7. The SMILES string of the molecule is O=C(CCNCc1cccnc1)N1CCCc2ccccc21. The van der Waals surface area contributed by atoms with Gasteiger partial charge in [-0.3, -0.25) is 9.78 Å². The van der Waals surface area contributed by atoms with Crippen molar-refractivity contribution in [3.05, 3.63) is 59.9 Å². The Morgan fingerprint density at radius 1 is 1.23 bits per heavy atom. The minimum atomic E-state index is 0.200. The Balaban J connectivity index is 1.51. The average molecular weight is 295 g/mol. The van der Waals surface area contributed by atoms with Crippen LogP contribution in [0.5, 0.6) is 0 Å². The van der Waals surface area contributed by atoms with Gasteiger partial charge in [0.15, 0.2) is 0 Å². The van der Waals surface area contributed by atoms with E-state index in [0.29, 0.717) is 13.0 Å². The summed E-state index contributed by atoms with van der Waals surface area (Å²) in [6, 6.07) is 12.2. The van der Waals surface area contributed by atoms with E-state index in [9.17, 15) is 4.79 Å². The molecule has 1 aliphatic rings. The third kappa shape index (κ3) is 3.52. The van der Waals surface area contributed by atoms with Crippen molar-refractivity contribution < 1.29 is 4.79 Å². The number of nitrogens with zero attached hydrogens (tertiary/aromatic N) is 2. The molecular formula is C18H21N3O. The first-order chi connectivity index (χ1) is 10.8. The molecule has 114 valence electrons.